The van der Waals surface area contributed by atoms with Crippen LogP contribution in [0.25, 0.3) is 0 Å². The van der Waals surface area contributed by atoms with Crippen LogP contribution in [0.4, 0.5) is 0 Å². The molecule has 0 unspecified atom stereocenters. The number of carboxylic acid groups (broad SMARTS) is 2. The Bertz CT molecular complexity index is 768. The van der Waals surface area contributed by atoms with Gasteiger partial charge in [-0.05, 0) is 19.3 Å². The number of rotatable bonds is 31. The zero-order valence-electron chi connectivity index (χ0n) is 25.4. The maximum absolute atomic E-state index is 12.2. The highest BCUT2D eigenvalue weighted by Gasteiger charge is 2.20. The van der Waals surface area contributed by atoms with Gasteiger partial charge in [-0.3, -0.25) is 19.2 Å². The number of aliphatic hydroxyl groups excluding tert-OH is 1. The Kier molecular flexibility index (Phi) is 27.4. The van der Waals surface area contributed by atoms with E-state index in [0.717, 1.165) is 57.8 Å². The third kappa shape index (κ3) is 29.1. The summed E-state index contributed by atoms with van der Waals surface area (Å²) in [6, 6.07) is -1.13. The number of aliphatic carboxylic acids is 2. The molecule has 0 aromatic rings. The molecule has 43 heavy (non-hydrogen) atoms. The van der Waals surface area contributed by atoms with Crippen molar-refractivity contribution in [2.75, 3.05) is 59.3 Å². The smallest absolute Gasteiger partial charge is 0.326 e. The van der Waals surface area contributed by atoms with E-state index in [2.05, 4.69) is 16.0 Å². The van der Waals surface area contributed by atoms with Gasteiger partial charge >= 0.3 is 11.9 Å². The number of carbonyl (C=O) groups is 5. The van der Waals surface area contributed by atoms with Gasteiger partial charge in [-0.1, -0.05) is 51.4 Å². The van der Waals surface area contributed by atoms with Crippen LogP contribution >= 0.6 is 0 Å². The summed E-state index contributed by atoms with van der Waals surface area (Å²) in [6.07, 6.45) is 10.1. The van der Waals surface area contributed by atoms with Crippen LogP contribution in [0.1, 0.15) is 89.9 Å². The number of amides is 3. The van der Waals surface area contributed by atoms with Gasteiger partial charge in [-0.25, -0.2) is 4.79 Å². The fraction of sp³-hybridized carbons (Fsp3) is 0.828. The van der Waals surface area contributed by atoms with Gasteiger partial charge in [-0.15, -0.1) is 0 Å². The first kappa shape index (κ1) is 40.2. The first-order chi connectivity index (χ1) is 20.8. The van der Waals surface area contributed by atoms with Crippen molar-refractivity contribution in [3.8, 4) is 0 Å². The fourth-order valence-corrected chi connectivity index (χ4v) is 3.99. The molecule has 1 atom stereocenters. The van der Waals surface area contributed by atoms with Crippen LogP contribution in [-0.2, 0) is 38.2 Å². The average molecular weight is 620 g/mol. The Morgan fingerprint density at radius 2 is 1.07 bits per heavy atom. The molecule has 0 aliphatic carbocycles. The predicted molar refractivity (Wildman–Crippen MR) is 157 cm³/mol. The molecular weight excluding hydrogens is 566 g/mol. The molecule has 0 aromatic heterocycles. The number of nitrogens with one attached hydrogen (secondary N) is 3. The van der Waals surface area contributed by atoms with Crippen molar-refractivity contribution < 1.29 is 53.5 Å². The molecule has 0 aromatic carbocycles. The summed E-state index contributed by atoms with van der Waals surface area (Å²) in [7, 11) is 0. The van der Waals surface area contributed by atoms with Crippen molar-refractivity contribution in [1.82, 2.24) is 16.0 Å². The second-order valence-electron chi connectivity index (χ2n) is 10.1. The summed E-state index contributed by atoms with van der Waals surface area (Å²) in [5.41, 5.74) is 0. The van der Waals surface area contributed by atoms with Crippen LogP contribution in [0.3, 0.4) is 0 Å². The molecule has 0 radical (unpaired) electrons. The van der Waals surface area contributed by atoms with Crippen molar-refractivity contribution in [2.24, 2.45) is 0 Å². The van der Waals surface area contributed by atoms with Crippen LogP contribution in [0.5, 0.6) is 0 Å². The minimum absolute atomic E-state index is 0.0203. The lowest BCUT2D eigenvalue weighted by atomic mass is 10.0. The van der Waals surface area contributed by atoms with E-state index in [1.807, 2.05) is 0 Å². The maximum atomic E-state index is 12.2. The van der Waals surface area contributed by atoms with E-state index in [9.17, 15) is 29.1 Å². The highest BCUT2D eigenvalue weighted by atomic mass is 16.5. The number of ether oxygens (including phenoxy) is 3. The van der Waals surface area contributed by atoms with Crippen molar-refractivity contribution in [1.29, 1.82) is 0 Å². The van der Waals surface area contributed by atoms with Crippen LogP contribution in [0, 0.1) is 0 Å². The van der Waals surface area contributed by atoms with Crippen molar-refractivity contribution in [3.63, 3.8) is 0 Å². The van der Waals surface area contributed by atoms with Gasteiger partial charge in [0.1, 0.15) is 12.6 Å². The van der Waals surface area contributed by atoms with Crippen LogP contribution in [0.15, 0.2) is 0 Å². The Hall–Kier alpha value is -2.81. The number of carboxylic acids is 2. The Morgan fingerprint density at radius 1 is 0.558 bits per heavy atom. The second-order valence-corrected chi connectivity index (χ2v) is 10.1. The molecule has 0 saturated heterocycles. The average Bonchev–Trinajstić information content (AvgIpc) is 2.96. The number of hydrogen-bond donors (Lipinski definition) is 6. The molecule has 14 heteroatoms. The molecule has 0 heterocycles. The molecule has 14 nitrogen and oxygen atoms in total. The highest BCUT2D eigenvalue weighted by molar-refractivity contribution is 5.84. The van der Waals surface area contributed by atoms with Gasteiger partial charge in [0, 0.05) is 32.4 Å². The molecule has 250 valence electrons. The standard InChI is InChI=1S/C29H53N3O11/c33-17-20-41-18-16-31-27(36)23-43-22-21-42-19-15-30-25(34)14-13-24(29(39)40)32-26(35)11-9-7-5-3-1-2-4-6-8-10-12-28(37)38/h24,33H,1-23H2,(H,30,34)(H,31,36)(H,32,35)(H,37,38)(H,39,40)/t24-/m0/s1. The molecule has 0 spiro atoms. The summed E-state index contributed by atoms with van der Waals surface area (Å²) >= 11 is 0. The number of aliphatic hydroxyl groups is 1. The van der Waals surface area contributed by atoms with E-state index >= 15 is 0 Å². The van der Waals surface area contributed by atoms with E-state index in [4.69, 9.17) is 24.4 Å². The van der Waals surface area contributed by atoms with Gasteiger partial charge in [0.25, 0.3) is 0 Å². The Balaban J connectivity index is 3.73. The maximum Gasteiger partial charge on any atom is 0.326 e. The van der Waals surface area contributed by atoms with Crippen molar-refractivity contribution >= 4 is 29.7 Å². The van der Waals surface area contributed by atoms with Gasteiger partial charge in [0.15, 0.2) is 0 Å². The largest absolute Gasteiger partial charge is 0.481 e. The third-order valence-corrected chi connectivity index (χ3v) is 6.32. The van der Waals surface area contributed by atoms with Crippen LogP contribution in [-0.4, -0.2) is 110 Å². The molecule has 0 saturated carbocycles. The molecule has 0 aliphatic heterocycles. The van der Waals surface area contributed by atoms with E-state index in [-0.39, 0.29) is 89.6 Å². The van der Waals surface area contributed by atoms with E-state index in [1.165, 1.54) is 0 Å². The highest BCUT2D eigenvalue weighted by Crippen LogP contribution is 2.12. The molecule has 3 amide bonds. The lowest BCUT2D eigenvalue weighted by Crippen LogP contribution is -2.41. The summed E-state index contributed by atoms with van der Waals surface area (Å²) in [4.78, 5) is 57.7. The zero-order chi connectivity index (χ0) is 32.0. The molecule has 0 fully saturated rings. The predicted octanol–water partition coefficient (Wildman–Crippen LogP) is 1.38. The van der Waals surface area contributed by atoms with Crippen molar-refractivity contribution in [2.45, 2.75) is 95.9 Å². The Labute approximate surface area is 254 Å². The zero-order valence-corrected chi connectivity index (χ0v) is 25.4. The molecular formula is C29H53N3O11. The first-order valence-electron chi connectivity index (χ1n) is 15.4. The monoisotopic (exact) mass is 619 g/mol. The summed E-state index contributed by atoms with van der Waals surface area (Å²) in [6.45, 7) is 1.52. The minimum atomic E-state index is -1.18. The van der Waals surface area contributed by atoms with E-state index < -0.39 is 18.0 Å². The molecule has 0 bridgehead atoms. The molecule has 0 aliphatic rings. The van der Waals surface area contributed by atoms with Crippen LogP contribution in [0.2, 0.25) is 0 Å². The third-order valence-electron chi connectivity index (χ3n) is 6.32. The normalized spacial score (nSPS) is 11.6. The SMILES string of the molecule is O=C(O)CCCCCCCCCCCCC(=O)N[C@@H](CCC(=O)NCCOCCOCC(=O)NCCOCCO)C(=O)O. The summed E-state index contributed by atoms with van der Waals surface area (Å²) < 4.78 is 15.5. The van der Waals surface area contributed by atoms with Crippen molar-refractivity contribution in [3.05, 3.63) is 0 Å². The quantitative estimate of drug-likeness (QED) is 0.0610. The second kappa shape index (κ2) is 29.3. The fourth-order valence-electron chi connectivity index (χ4n) is 3.99. The topological polar surface area (TPSA) is 210 Å². The number of unbranched alkanes of at least 4 members (excludes halogenated alkanes) is 9. The van der Waals surface area contributed by atoms with Gasteiger partial charge in [0.2, 0.25) is 17.7 Å². The van der Waals surface area contributed by atoms with E-state index in [1.54, 1.807) is 0 Å². The van der Waals surface area contributed by atoms with Gasteiger partial charge < -0.3 is 45.5 Å². The summed E-state index contributed by atoms with van der Waals surface area (Å²) in [5.74, 6) is -2.91. The van der Waals surface area contributed by atoms with Crippen LogP contribution < -0.4 is 16.0 Å². The molecule has 0 rings (SSSR count). The van der Waals surface area contributed by atoms with E-state index in [0.29, 0.717) is 19.6 Å². The van der Waals surface area contributed by atoms with Gasteiger partial charge in [0.05, 0.1) is 39.6 Å². The minimum Gasteiger partial charge on any atom is -0.481 e. The summed E-state index contributed by atoms with van der Waals surface area (Å²) in [5, 5.41) is 34.3. The first-order valence-corrected chi connectivity index (χ1v) is 15.4. The molecule has 6 N–H and O–H groups in total. The lowest BCUT2D eigenvalue weighted by Gasteiger charge is -2.14. The lowest BCUT2D eigenvalue weighted by molar-refractivity contribution is -0.142. The number of carbonyl (C=O) groups excluding carboxylic acids is 3. The van der Waals surface area contributed by atoms with Gasteiger partial charge in [-0.2, -0.15) is 0 Å². The number of hydrogen-bond acceptors (Lipinski definition) is 9. The Morgan fingerprint density at radius 3 is 1.63 bits per heavy atom.